The molecule has 3 nitrogen and oxygen atoms in total. The van der Waals surface area contributed by atoms with Crippen molar-refractivity contribution >= 4 is 39.7 Å². The summed E-state index contributed by atoms with van der Waals surface area (Å²) in [6.45, 7) is 0. The van der Waals surface area contributed by atoms with Crippen LogP contribution < -0.4 is 5.56 Å². The van der Waals surface area contributed by atoms with E-state index in [1.807, 2.05) is 30.3 Å². The predicted octanol–water partition coefficient (Wildman–Crippen LogP) is 6.24. The van der Waals surface area contributed by atoms with E-state index in [1.54, 1.807) is 24.2 Å². The lowest BCUT2D eigenvalue weighted by Crippen LogP contribution is -2.13. The van der Waals surface area contributed by atoms with Crippen LogP contribution in [0.25, 0.3) is 39.1 Å². The number of aromatic nitrogens is 2. The summed E-state index contributed by atoms with van der Waals surface area (Å²) in [5, 5.41) is 1.07. The number of benzene rings is 2. The van der Waals surface area contributed by atoms with Crippen LogP contribution in [0.1, 0.15) is 23.1 Å². The van der Waals surface area contributed by atoms with Crippen molar-refractivity contribution in [2.45, 2.75) is 6.42 Å². The highest BCUT2D eigenvalue weighted by Crippen LogP contribution is 2.40. The summed E-state index contributed by atoms with van der Waals surface area (Å²) >= 11 is 1.76. The van der Waals surface area contributed by atoms with Crippen molar-refractivity contribution in [3.8, 4) is 11.1 Å². The summed E-state index contributed by atoms with van der Waals surface area (Å²) in [7, 11) is 0. The molecule has 0 bridgehead atoms. The van der Waals surface area contributed by atoms with Crippen molar-refractivity contribution in [2.24, 2.45) is 0 Å². The number of fused-ring (bicyclic) bond motifs is 1. The largest absolute Gasteiger partial charge is 0.321 e. The quantitative estimate of drug-likeness (QED) is 0.435. The van der Waals surface area contributed by atoms with Crippen molar-refractivity contribution in [1.82, 2.24) is 9.97 Å². The van der Waals surface area contributed by atoms with Gasteiger partial charge in [0.15, 0.2) is 0 Å². The first-order chi connectivity index (χ1) is 14.8. The number of aromatic amines is 1. The zero-order chi connectivity index (χ0) is 20.3. The van der Waals surface area contributed by atoms with Gasteiger partial charge in [-0.3, -0.25) is 9.78 Å². The normalized spacial score (nSPS) is 13.8. The van der Waals surface area contributed by atoms with E-state index >= 15 is 0 Å². The Kier molecular flexibility index (Phi) is 5.08. The summed E-state index contributed by atoms with van der Waals surface area (Å²) < 4.78 is 0. The van der Waals surface area contributed by atoms with Crippen LogP contribution >= 0.6 is 11.8 Å². The Morgan fingerprint density at radius 1 is 0.900 bits per heavy atom. The fraction of sp³-hybridized carbons (Fsp3) is 0.0769. The van der Waals surface area contributed by atoms with Gasteiger partial charge in [-0.15, -0.1) is 11.8 Å². The number of H-pyrrole nitrogens is 1. The summed E-state index contributed by atoms with van der Waals surface area (Å²) in [6.07, 6.45) is 10.9. The first-order valence-electron chi connectivity index (χ1n) is 9.96. The van der Waals surface area contributed by atoms with Gasteiger partial charge in [0, 0.05) is 39.5 Å². The fourth-order valence-corrected chi connectivity index (χ4v) is 4.87. The van der Waals surface area contributed by atoms with Gasteiger partial charge < -0.3 is 4.98 Å². The van der Waals surface area contributed by atoms with Crippen LogP contribution in [0, 0.1) is 0 Å². The van der Waals surface area contributed by atoms with Crippen molar-refractivity contribution in [2.75, 3.05) is 5.75 Å². The maximum absolute atomic E-state index is 13.1. The molecule has 0 saturated carbocycles. The molecular formula is C26H20N2OS. The zero-order valence-electron chi connectivity index (χ0n) is 16.3. The van der Waals surface area contributed by atoms with Crippen LogP contribution in [-0.2, 0) is 0 Å². The summed E-state index contributed by atoms with van der Waals surface area (Å²) in [5.41, 5.74) is 5.88. The lowest BCUT2D eigenvalue weighted by Gasteiger charge is -2.14. The van der Waals surface area contributed by atoms with E-state index in [2.05, 4.69) is 58.5 Å². The first kappa shape index (κ1) is 18.6. The zero-order valence-corrected chi connectivity index (χ0v) is 17.2. The van der Waals surface area contributed by atoms with Crippen molar-refractivity contribution in [1.29, 1.82) is 0 Å². The van der Waals surface area contributed by atoms with Gasteiger partial charge in [-0.2, -0.15) is 0 Å². The van der Waals surface area contributed by atoms with Gasteiger partial charge in [0.05, 0.1) is 5.56 Å². The highest BCUT2D eigenvalue weighted by molar-refractivity contribution is 8.08. The smallest absolute Gasteiger partial charge is 0.257 e. The molecule has 5 rings (SSSR count). The molecule has 0 amide bonds. The lowest BCUT2D eigenvalue weighted by molar-refractivity contribution is 1.27. The molecule has 4 aromatic rings. The molecule has 30 heavy (non-hydrogen) atoms. The molecule has 1 aliphatic heterocycles. The van der Waals surface area contributed by atoms with Crippen molar-refractivity contribution < 1.29 is 0 Å². The average Bonchev–Trinajstić information content (AvgIpc) is 3.32. The van der Waals surface area contributed by atoms with E-state index in [4.69, 9.17) is 0 Å². The van der Waals surface area contributed by atoms with E-state index in [1.165, 1.54) is 0 Å². The molecule has 2 aromatic heterocycles. The maximum atomic E-state index is 13.1. The monoisotopic (exact) mass is 408 g/mol. The molecule has 146 valence electrons. The van der Waals surface area contributed by atoms with Crippen LogP contribution in [0.15, 0.2) is 83.9 Å². The number of nitrogens with one attached hydrogen (secondary N) is 1. The molecular weight excluding hydrogens is 388 g/mol. The minimum absolute atomic E-state index is 0.0259. The highest BCUT2D eigenvalue weighted by atomic mass is 32.2. The van der Waals surface area contributed by atoms with Gasteiger partial charge in [-0.25, -0.2) is 0 Å². The molecule has 0 spiro atoms. The molecule has 0 saturated heterocycles. The Morgan fingerprint density at radius 2 is 1.73 bits per heavy atom. The molecule has 0 aliphatic carbocycles. The minimum Gasteiger partial charge on any atom is -0.321 e. The summed E-state index contributed by atoms with van der Waals surface area (Å²) in [4.78, 5) is 21.3. The number of hydrogen-bond acceptors (Lipinski definition) is 3. The van der Waals surface area contributed by atoms with Gasteiger partial charge in [0.1, 0.15) is 0 Å². The average molecular weight is 409 g/mol. The van der Waals surface area contributed by atoms with Gasteiger partial charge in [-0.1, -0.05) is 54.6 Å². The van der Waals surface area contributed by atoms with E-state index in [0.717, 1.165) is 55.8 Å². The van der Waals surface area contributed by atoms with Crippen LogP contribution in [0.3, 0.4) is 0 Å². The third-order valence-electron chi connectivity index (χ3n) is 5.22. The molecule has 3 heterocycles. The number of rotatable bonds is 4. The van der Waals surface area contributed by atoms with E-state index in [9.17, 15) is 4.79 Å². The van der Waals surface area contributed by atoms with Gasteiger partial charge in [0.2, 0.25) is 0 Å². The Hall–Kier alpha value is -3.37. The van der Waals surface area contributed by atoms with Crippen LogP contribution in [-0.4, -0.2) is 15.7 Å². The molecule has 1 aliphatic rings. The molecule has 0 atom stereocenters. The second kappa shape index (κ2) is 8.17. The minimum atomic E-state index is -0.0259. The first-order valence-corrected chi connectivity index (χ1v) is 10.9. The summed E-state index contributed by atoms with van der Waals surface area (Å²) in [5.74, 6) is 1.02. The number of allylic oxidation sites excluding steroid dienone is 1. The van der Waals surface area contributed by atoms with E-state index in [-0.39, 0.29) is 5.56 Å². The standard InChI is InChI=1S/C26H20N2OS/c29-26-25(23-9-4-16-30-23)24(21-7-1-2-8-22(21)28-26)20-6-3-5-19(17-20)11-10-18-12-14-27-15-13-18/h1-3,5-15,17H,4,16H2,(H,28,29)/b11-10+. The highest BCUT2D eigenvalue weighted by Gasteiger charge is 2.20. The van der Waals surface area contributed by atoms with Crippen molar-refractivity contribution in [3.63, 3.8) is 0 Å². The molecule has 0 radical (unpaired) electrons. The number of thioether (sulfide) groups is 1. The molecule has 0 fully saturated rings. The van der Waals surface area contributed by atoms with E-state index < -0.39 is 0 Å². The van der Waals surface area contributed by atoms with Gasteiger partial charge >= 0.3 is 0 Å². The number of hydrogen-bond donors (Lipinski definition) is 1. The third kappa shape index (κ3) is 3.62. The molecule has 4 heteroatoms. The van der Waals surface area contributed by atoms with Gasteiger partial charge in [-0.05, 0) is 47.4 Å². The second-order valence-corrected chi connectivity index (χ2v) is 8.33. The second-order valence-electron chi connectivity index (χ2n) is 7.19. The predicted molar refractivity (Wildman–Crippen MR) is 128 cm³/mol. The Morgan fingerprint density at radius 3 is 2.57 bits per heavy atom. The van der Waals surface area contributed by atoms with Crippen LogP contribution in [0.2, 0.25) is 0 Å². The Labute approximate surface area is 179 Å². The van der Waals surface area contributed by atoms with Crippen molar-refractivity contribution in [3.05, 3.63) is 106 Å². The molecule has 0 unspecified atom stereocenters. The summed E-state index contributed by atoms with van der Waals surface area (Å²) in [6, 6.07) is 20.4. The van der Waals surface area contributed by atoms with Crippen LogP contribution in [0.4, 0.5) is 0 Å². The van der Waals surface area contributed by atoms with E-state index in [0.29, 0.717) is 0 Å². The maximum Gasteiger partial charge on any atom is 0.257 e. The topological polar surface area (TPSA) is 45.8 Å². The molecule has 2 aromatic carbocycles. The number of para-hydroxylation sites is 1. The third-order valence-corrected chi connectivity index (χ3v) is 6.34. The SMILES string of the molecule is O=c1[nH]c2ccccc2c(-c2cccc(/C=C/c3ccncc3)c2)c1C1=CCCS1. The fourth-order valence-electron chi connectivity index (χ4n) is 3.83. The number of pyridine rings is 2. The number of nitrogens with zero attached hydrogens (tertiary/aromatic N) is 1. The Bertz CT molecular complexity index is 1340. The molecule has 1 N–H and O–H groups in total. The van der Waals surface area contributed by atoms with Gasteiger partial charge in [0.25, 0.3) is 5.56 Å². The lowest BCUT2D eigenvalue weighted by atomic mass is 9.94. The Balaban J connectivity index is 1.68. The van der Waals surface area contributed by atoms with Crippen LogP contribution in [0.5, 0.6) is 0 Å².